The lowest BCUT2D eigenvalue weighted by molar-refractivity contribution is 0.140. The first-order valence-corrected chi connectivity index (χ1v) is 10.8. The van der Waals surface area contributed by atoms with Crippen molar-refractivity contribution in [1.29, 1.82) is 0 Å². The van der Waals surface area contributed by atoms with E-state index in [0.717, 1.165) is 26.8 Å². The van der Waals surface area contributed by atoms with Crippen molar-refractivity contribution in [3.63, 3.8) is 0 Å². The Morgan fingerprint density at radius 2 is 2.09 bits per heavy atom. The fourth-order valence-corrected chi connectivity index (χ4v) is 5.12. The average Bonchev–Trinajstić information content (AvgIpc) is 3.15. The summed E-state index contributed by atoms with van der Waals surface area (Å²) in [7, 11) is 0. The van der Waals surface area contributed by atoms with Gasteiger partial charge in [-0.15, -0.1) is 11.3 Å². The van der Waals surface area contributed by atoms with Crippen LogP contribution in [0.25, 0.3) is 15.8 Å². The number of hydrogen-bond donors (Lipinski definition) is 1. The van der Waals surface area contributed by atoms with Gasteiger partial charge in [0.2, 0.25) is 0 Å². The van der Waals surface area contributed by atoms with Gasteiger partial charge in [-0.3, -0.25) is 14.3 Å². The lowest BCUT2D eigenvalue weighted by atomic mass is 10.0. The van der Waals surface area contributed by atoms with Crippen molar-refractivity contribution in [2.24, 2.45) is 0 Å². The highest BCUT2D eigenvalue weighted by Crippen LogP contribution is 2.36. The smallest absolute Gasteiger partial charge is 0.407 e. The maximum atomic E-state index is 12.9. The molecular formula is C23H18FN3O4S. The van der Waals surface area contributed by atoms with E-state index in [2.05, 4.69) is 4.98 Å². The number of carbonyl (C=O) groups is 1. The van der Waals surface area contributed by atoms with Gasteiger partial charge in [0.15, 0.2) is 0 Å². The van der Waals surface area contributed by atoms with Crippen LogP contribution in [0.3, 0.4) is 0 Å². The molecule has 0 unspecified atom stereocenters. The third-order valence-electron chi connectivity index (χ3n) is 5.44. The summed E-state index contributed by atoms with van der Waals surface area (Å²) in [5, 5.41) is 10.4. The zero-order valence-corrected chi connectivity index (χ0v) is 17.6. The number of hydrogen-bond acceptors (Lipinski definition) is 5. The average molecular weight is 451 g/mol. The summed E-state index contributed by atoms with van der Waals surface area (Å²) in [6, 6.07) is 11.8. The van der Waals surface area contributed by atoms with Crippen LogP contribution in [0, 0.1) is 5.82 Å². The number of amides is 1. The summed E-state index contributed by atoms with van der Waals surface area (Å²) in [6.45, 7) is 1.02. The van der Waals surface area contributed by atoms with Crippen LogP contribution in [0.4, 0.5) is 9.18 Å². The van der Waals surface area contributed by atoms with Crippen LogP contribution in [0.1, 0.15) is 16.1 Å². The van der Waals surface area contributed by atoms with Crippen molar-refractivity contribution < 1.29 is 19.0 Å². The number of benzene rings is 1. The number of halogens is 1. The number of ether oxygens (including phenoxy) is 1. The predicted molar refractivity (Wildman–Crippen MR) is 118 cm³/mol. The molecular weight excluding hydrogens is 433 g/mol. The number of pyridine rings is 2. The van der Waals surface area contributed by atoms with Gasteiger partial charge in [0.1, 0.15) is 18.2 Å². The largest absolute Gasteiger partial charge is 0.487 e. The zero-order chi connectivity index (χ0) is 22.2. The van der Waals surface area contributed by atoms with Crippen LogP contribution in [0.5, 0.6) is 5.75 Å². The van der Waals surface area contributed by atoms with E-state index in [-0.39, 0.29) is 12.2 Å². The molecule has 0 saturated heterocycles. The molecule has 3 aromatic heterocycles. The summed E-state index contributed by atoms with van der Waals surface area (Å²) in [5.74, 6) is -0.0158. The number of carboxylic acid groups (broad SMARTS) is 1. The van der Waals surface area contributed by atoms with Crippen LogP contribution in [0.2, 0.25) is 0 Å². The van der Waals surface area contributed by atoms with Crippen LogP contribution >= 0.6 is 11.3 Å². The molecule has 1 amide bonds. The standard InChI is InChI=1S/C23H18FN3O4S/c24-14-1-2-15(25-11-14)13-31-17-5-8-27(22(28)10-17)16-3-4-18-19-6-7-26(23(29)30)12-21(19)32-20(18)9-16/h1-5,8-11H,6-7,12-13H2,(H,29,30). The topological polar surface area (TPSA) is 84.7 Å². The Kier molecular flexibility index (Phi) is 5.10. The molecule has 0 radical (unpaired) electrons. The maximum Gasteiger partial charge on any atom is 0.407 e. The fraction of sp³-hybridized carbons (Fsp3) is 0.174. The zero-order valence-electron chi connectivity index (χ0n) is 16.8. The molecule has 0 aliphatic carbocycles. The number of aromatic nitrogens is 2. The first-order chi connectivity index (χ1) is 15.5. The molecule has 0 fully saturated rings. The molecule has 5 rings (SSSR count). The van der Waals surface area contributed by atoms with E-state index in [1.807, 2.05) is 18.2 Å². The van der Waals surface area contributed by atoms with E-state index < -0.39 is 11.9 Å². The van der Waals surface area contributed by atoms with E-state index in [4.69, 9.17) is 4.74 Å². The van der Waals surface area contributed by atoms with Crippen molar-refractivity contribution in [2.45, 2.75) is 19.6 Å². The summed E-state index contributed by atoms with van der Waals surface area (Å²) in [4.78, 5) is 30.4. The summed E-state index contributed by atoms with van der Waals surface area (Å²) >= 11 is 1.57. The van der Waals surface area contributed by atoms with Gasteiger partial charge >= 0.3 is 6.09 Å². The van der Waals surface area contributed by atoms with Gasteiger partial charge in [-0.05, 0) is 47.7 Å². The summed E-state index contributed by atoms with van der Waals surface area (Å²) in [6.07, 6.45) is 2.55. The first-order valence-electron chi connectivity index (χ1n) is 9.96. The Bertz CT molecular complexity index is 1380. The van der Waals surface area contributed by atoms with Crippen LogP contribution < -0.4 is 10.3 Å². The molecule has 9 heteroatoms. The molecule has 1 aliphatic rings. The summed E-state index contributed by atoms with van der Waals surface area (Å²) in [5.41, 5.74) is 2.24. The molecule has 1 aromatic carbocycles. The highest BCUT2D eigenvalue weighted by Gasteiger charge is 2.23. The van der Waals surface area contributed by atoms with Gasteiger partial charge in [-0.1, -0.05) is 6.07 Å². The number of nitrogens with zero attached hydrogens (tertiary/aromatic N) is 3. The fourth-order valence-electron chi connectivity index (χ4n) is 3.82. The molecule has 0 bridgehead atoms. The number of fused-ring (bicyclic) bond motifs is 3. The lowest BCUT2D eigenvalue weighted by Gasteiger charge is -2.23. The van der Waals surface area contributed by atoms with E-state index in [1.54, 1.807) is 23.6 Å². The normalized spacial score (nSPS) is 13.2. The molecule has 4 aromatic rings. The van der Waals surface area contributed by atoms with E-state index in [9.17, 15) is 19.1 Å². The molecule has 0 atom stereocenters. The minimum absolute atomic E-state index is 0.129. The highest BCUT2D eigenvalue weighted by atomic mass is 32.1. The number of thiophene rings is 1. The van der Waals surface area contributed by atoms with E-state index in [1.165, 1.54) is 33.2 Å². The van der Waals surface area contributed by atoms with E-state index >= 15 is 0 Å². The monoisotopic (exact) mass is 451 g/mol. The number of rotatable bonds is 4. The molecule has 0 saturated carbocycles. The second-order valence-electron chi connectivity index (χ2n) is 7.47. The van der Waals surface area contributed by atoms with Crippen molar-refractivity contribution in [1.82, 2.24) is 14.5 Å². The van der Waals surface area contributed by atoms with Gasteiger partial charge in [-0.2, -0.15) is 0 Å². The Labute approximate surface area is 185 Å². The minimum atomic E-state index is -0.905. The van der Waals surface area contributed by atoms with Gasteiger partial charge in [0.05, 0.1) is 24.1 Å². The Morgan fingerprint density at radius 3 is 2.84 bits per heavy atom. The molecule has 1 aliphatic heterocycles. The summed E-state index contributed by atoms with van der Waals surface area (Å²) < 4.78 is 21.1. The molecule has 32 heavy (non-hydrogen) atoms. The highest BCUT2D eigenvalue weighted by molar-refractivity contribution is 7.19. The van der Waals surface area contributed by atoms with Crippen LogP contribution in [0.15, 0.2) is 59.7 Å². The van der Waals surface area contributed by atoms with Gasteiger partial charge in [0.25, 0.3) is 5.56 Å². The molecule has 0 spiro atoms. The van der Waals surface area contributed by atoms with Crippen LogP contribution in [-0.4, -0.2) is 32.2 Å². The van der Waals surface area contributed by atoms with Gasteiger partial charge in [-0.25, -0.2) is 9.18 Å². The first kappa shape index (κ1) is 20.2. The maximum absolute atomic E-state index is 12.9. The molecule has 1 N–H and O–H groups in total. The van der Waals surface area contributed by atoms with Crippen LogP contribution in [-0.2, 0) is 19.6 Å². The van der Waals surface area contributed by atoms with Crippen molar-refractivity contribution in [3.05, 3.63) is 87.2 Å². The second kappa shape index (κ2) is 8.08. The van der Waals surface area contributed by atoms with Crippen molar-refractivity contribution in [2.75, 3.05) is 6.54 Å². The van der Waals surface area contributed by atoms with E-state index in [0.29, 0.717) is 31.0 Å². The molecule has 7 nitrogen and oxygen atoms in total. The Hall–Kier alpha value is -3.72. The molecule has 4 heterocycles. The third kappa shape index (κ3) is 3.82. The lowest BCUT2D eigenvalue weighted by Crippen LogP contribution is -2.33. The Morgan fingerprint density at radius 1 is 1.22 bits per heavy atom. The second-order valence-corrected chi connectivity index (χ2v) is 8.60. The molecule has 162 valence electrons. The van der Waals surface area contributed by atoms with Gasteiger partial charge in [0, 0.05) is 28.4 Å². The minimum Gasteiger partial charge on any atom is -0.487 e. The Balaban J connectivity index is 1.38. The SMILES string of the molecule is O=C(O)N1CCc2c(sc3cc(-n4ccc(OCc5ccc(F)cn5)cc4=O)ccc23)C1. The predicted octanol–water partition coefficient (Wildman–Crippen LogP) is 4.20. The van der Waals surface area contributed by atoms with Crippen molar-refractivity contribution in [3.8, 4) is 11.4 Å². The third-order valence-corrected chi connectivity index (χ3v) is 6.62. The van der Waals surface area contributed by atoms with Crippen molar-refractivity contribution >= 4 is 27.5 Å². The van der Waals surface area contributed by atoms with Gasteiger partial charge < -0.3 is 14.7 Å². The quantitative estimate of drug-likeness (QED) is 0.503.